The number of hydrogen-bond acceptors (Lipinski definition) is 6. The van der Waals surface area contributed by atoms with Crippen molar-refractivity contribution < 1.29 is 4.79 Å². The second-order valence-corrected chi connectivity index (χ2v) is 5.30. The number of nitrogens with zero attached hydrogens (tertiary/aromatic N) is 6. The van der Waals surface area contributed by atoms with E-state index in [1.807, 2.05) is 23.3 Å². The van der Waals surface area contributed by atoms with Gasteiger partial charge in [0.15, 0.2) is 11.5 Å². The summed E-state index contributed by atoms with van der Waals surface area (Å²) in [5.41, 5.74) is 12.6. The Morgan fingerprint density at radius 1 is 1.32 bits per heavy atom. The molecule has 0 aromatic carbocycles. The maximum absolute atomic E-state index is 12.2. The molecule has 0 atom stereocenters. The Morgan fingerprint density at radius 2 is 2.00 bits per heavy atom. The first-order valence-corrected chi connectivity index (χ1v) is 7.34. The van der Waals surface area contributed by atoms with Gasteiger partial charge in [-0.05, 0) is 13.8 Å². The number of fused-ring (bicyclic) bond motifs is 1. The molecular weight excluding hydrogens is 284 g/mol. The van der Waals surface area contributed by atoms with Gasteiger partial charge in [0, 0.05) is 26.2 Å². The van der Waals surface area contributed by atoms with Crippen molar-refractivity contribution in [1.29, 1.82) is 0 Å². The second kappa shape index (κ2) is 5.32. The van der Waals surface area contributed by atoms with E-state index < -0.39 is 0 Å². The molecule has 0 spiro atoms. The third kappa shape index (κ3) is 2.18. The Bertz CT molecular complexity index is 701. The highest BCUT2D eigenvalue weighted by Crippen LogP contribution is 2.27. The van der Waals surface area contributed by atoms with Gasteiger partial charge in [-0.25, -0.2) is 9.78 Å². The molecule has 9 heteroatoms. The summed E-state index contributed by atoms with van der Waals surface area (Å²) in [4.78, 5) is 28.2. The first-order chi connectivity index (χ1) is 10.5. The van der Waals surface area contributed by atoms with Gasteiger partial charge in [-0.3, -0.25) is 0 Å². The molecular formula is C13H20N8O. The van der Waals surface area contributed by atoms with Crippen LogP contribution in [-0.4, -0.2) is 61.5 Å². The van der Waals surface area contributed by atoms with E-state index in [1.165, 1.54) is 0 Å². The zero-order valence-corrected chi connectivity index (χ0v) is 12.7. The van der Waals surface area contributed by atoms with Crippen LogP contribution in [0.1, 0.15) is 19.9 Å². The normalized spacial score (nSPS) is 15.1. The summed E-state index contributed by atoms with van der Waals surface area (Å²) in [5, 5.41) is 0. The topological polar surface area (TPSA) is 119 Å². The summed E-state index contributed by atoms with van der Waals surface area (Å²) in [6.45, 7) is 6.64. The summed E-state index contributed by atoms with van der Waals surface area (Å²) in [6, 6.07) is 0.206. The van der Waals surface area contributed by atoms with Gasteiger partial charge >= 0.3 is 6.03 Å². The molecule has 1 saturated heterocycles. The maximum Gasteiger partial charge on any atom is 0.320 e. The van der Waals surface area contributed by atoms with Crippen LogP contribution in [0, 0.1) is 0 Å². The Hall–Kier alpha value is -2.58. The van der Waals surface area contributed by atoms with Gasteiger partial charge in [0.05, 0.1) is 12.4 Å². The van der Waals surface area contributed by atoms with Crippen molar-refractivity contribution in [1.82, 2.24) is 29.3 Å². The fraction of sp³-hybridized carbons (Fsp3) is 0.538. The predicted molar refractivity (Wildman–Crippen MR) is 83.1 cm³/mol. The lowest BCUT2D eigenvalue weighted by Gasteiger charge is -2.42. The number of nitrogen functional groups attached to an aromatic ring is 2. The summed E-state index contributed by atoms with van der Waals surface area (Å²) >= 11 is 0. The van der Waals surface area contributed by atoms with Gasteiger partial charge in [0.2, 0.25) is 5.95 Å². The Balaban J connectivity index is 1.77. The molecule has 0 bridgehead atoms. The summed E-state index contributed by atoms with van der Waals surface area (Å²) in [6.07, 6.45) is 1.68. The van der Waals surface area contributed by atoms with E-state index in [4.69, 9.17) is 11.5 Å². The van der Waals surface area contributed by atoms with Gasteiger partial charge in [0.1, 0.15) is 5.52 Å². The zero-order valence-electron chi connectivity index (χ0n) is 12.7. The first kappa shape index (κ1) is 14.4. The summed E-state index contributed by atoms with van der Waals surface area (Å²) < 4.78 is 1.91. The minimum Gasteiger partial charge on any atom is -0.382 e. The van der Waals surface area contributed by atoms with E-state index in [0.717, 1.165) is 0 Å². The highest BCUT2D eigenvalue weighted by Gasteiger charge is 2.34. The molecule has 118 valence electrons. The molecule has 1 fully saturated rings. The van der Waals surface area contributed by atoms with Crippen LogP contribution < -0.4 is 11.5 Å². The highest BCUT2D eigenvalue weighted by atomic mass is 16.2. The summed E-state index contributed by atoms with van der Waals surface area (Å²) in [5.74, 6) is 0.402. The quantitative estimate of drug-likeness (QED) is 0.842. The number of aromatic nitrogens is 4. The molecule has 0 saturated carbocycles. The van der Waals surface area contributed by atoms with Crippen molar-refractivity contribution in [2.75, 3.05) is 37.6 Å². The van der Waals surface area contributed by atoms with E-state index >= 15 is 0 Å². The van der Waals surface area contributed by atoms with Crippen LogP contribution in [-0.2, 0) is 0 Å². The number of amides is 2. The minimum absolute atomic E-state index is 0.0688. The molecule has 2 aromatic rings. The number of imidazole rings is 1. The lowest BCUT2D eigenvalue weighted by Crippen LogP contribution is -2.55. The van der Waals surface area contributed by atoms with E-state index in [-0.39, 0.29) is 23.8 Å². The second-order valence-electron chi connectivity index (χ2n) is 5.30. The van der Waals surface area contributed by atoms with Crippen LogP contribution in [0.25, 0.3) is 11.2 Å². The molecule has 4 N–H and O–H groups in total. The lowest BCUT2D eigenvalue weighted by molar-refractivity contribution is 0.0979. The van der Waals surface area contributed by atoms with E-state index in [0.29, 0.717) is 37.3 Å². The lowest BCUT2D eigenvalue weighted by atomic mass is 10.1. The van der Waals surface area contributed by atoms with E-state index in [1.54, 1.807) is 11.2 Å². The van der Waals surface area contributed by atoms with Crippen molar-refractivity contribution in [2.45, 2.75) is 19.9 Å². The largest absolute Gasteiger partial charge is 0.382 e. The molecule has 2 aromatic heterocycles. The molecule has 0 radical (unpaired) electrons. The molecule has 0 unspecified atom stereocenters. The number of rotatable bonds is 3. The average Bonchev–Trinajstić information content (AvgIpc) is 2.82. The third-order valence-electron chi connectivity index (χ3n) is 4.03. The standard InChI is InChI=1S/C13H20N8O/c1-3-19(4-2)13(22)20-5-8(6-20)21-7-16-9-10(14)17-12(15)18-11(9)21/h7-8H,3-6H2,1-2H3,(H4,14,15,17,18). The zero-order chi connectivity index (χ0) is 15.9. The Morgan fingerprint density at radius 3 is 2.64 bits per heavy atom. The SMILES string of the molecule is CCN(CC)C(=O)N1CC(n2cnc3c(N)nc(N)nc32)C1. The molecule has 3 heterocycles. The smallest absolute Gasteiger partial charge is 0.320 e. The molecule has 22 heavy (non-hydrogen) atoms. The third-order valence-corrected chi connectivity index (χ3v) is 4.03. The van der Waals surface area contributed by atoms with Crippen molar-refractivity contribution >= 4 is 29.0 Å². The number of likely N-dealkylation sites (tertiary alicyclic amines) is 1. The first-order valence-electron chi connectivity index (χ1n) is 7.34. The van der Waals surface area contributed by atoms with Crippen molar-refractivity contribution in [3.63, 3.8) is 0 Å². The van der Waals surface area contributed by atoms with Crippen LogP contribution in [0.15, 0.2) is 6.33 Å². The van der Waals surface area contributed by atoms with Crippen molar-refractivity contribution in [2.24, 2.45) is 0 Å². The number of nitrogens with two attached hydrogens (primary N) is 2. The summed E-state index contributed by atoms with van der Waals surface area (Å²) in [7, 11) is 0. The molecule has 9 nitrogen and oxygen atoms in total. The van der Waals surface area contributed by atoms with Crippen LogP contribution in [0.4, 0.5) is 16.6 Å². The van der Waals surface area contributed by atoms with Crippen LogP contribution >= 0.6 is 0 Å². The minimum atomic E-state index is 0.0688. The van der Waals surface area contributed by atoms with Crippen LogP contribution in [0.5, 0.6) is 0 Å². The molecule has 3 rings (SSSR count). The van der Waals surface area contributed by atoms with Gasteiger partial charge in [-0.15, -0.1) is 0 Å². The van der Waals surface area contributed by atoms with Crippen molar-refractivity contribution in [3.8, 4) is 0 Å². The highest BCUT2D eigenvalue weighted by molar-refractivity contribution is 5.83. The molecule has 1 aliphatic heterocycles. The maximum atomic E-state index is 12.2. The molecule has 1 aliphatic rings. The molecule has 0 aliphatic carbocycles. The predicted octanol–water partition coefficient (Wildman–Crippen LogP) is 0.309. The monoisotopic (exact) mass is 304 g/mol. The van der Waals surface area contributed by atoms with Gasteiger partial charge in [0.25, 0.3) is 0 Å². The van der Waals surface area contributed by atoms with Crippen LogP contribution in [0.2, 0.25) is 0 Å². The fourth-order valence-electron chi connectivity index (χ4n) is 2.70. The van der Waals surface area contributed by atoms with Crippen molar-refractivity contribution in [3.05, 3.63) is 6.33 Å². The number of urea groups is 1. The van der Waals surface area contributed by atoms with Gasteiger partial charge in [-0.1, -0.05) is 0 Å². The van der Waals surface area contributed by atoms with Crippen LogP contribution in [0.3, 0.4) is 0 Å². The molecule has 2 amide bonds. The Kier molecular flexibility index (Phi) is 3.47. The average molecular weight is 304 g/mol. The van der Waals surface area contributed by atoms with Gasteiger partial charge < -0.3 is 25.8 Å². The number of anilines is 2. The van der Waals surface area contributed by atoms with E-state index in [2.05, 4.69) is 15.0 Å². The fourth-order valence-corrected chi connectivity index (χ4v) is 2.70. The van der Waals surface area contributed by atoms with E-state index in [9.17, 15) is 4.79 Å². The Labute approximate surface area is 127 Å². The number of carbonyl (C=O) groups excluding carboxylic acids is 1. The number of carbonyl (C=O) groups is 1. The number of hydrogen-bond donors (Lipinski definition) is 2. The van der Waals surface area contributed by atoms with Gasteiger partial charge in [-0.2, -0.15) is 9.97 Å².